The van der Waals surface area contributed by atoms with Crippen LogP contribution in [0.15, 0.2) is 24.3 Å². The standard InChI is InChI=1S/C12H17N3O2/c1-3-9-4-6-10(7-5-9)14-8-11(16)15-12(17)13-2/h4-7,14H,3,8H2,1-2H3,(H2,13,15,16,17). The topological polar surface area (TPSA) is 70.2 Å². The molecular weight excluding hydrogens is 218 g/mol. The molecule has 0 aliphatic rings. The third kappa shape index (κ3) is 4.55. The molecule has 1 aromatic rings. The van der Waals surface area contributed by atoms with E-state index >= 15 is 0 Å². The van der Waals surface area contributed by atoms with Gasteiger partial charge in [-0.05, 0) is 24.1 Å². The van der Waals surface area contributed by atoms with E-state index in [1.807, 2.05) is 24.3 Å². The van der Waals surface area contributed by atoms with Crippen LogP contribution in [-0.2, 0) is 11.2 Å². The third-order valence-electron chi connectivity index (χ3n) is 2.30. The van der Waals surface area contributed by atoms with Gasteiger partial charge in [0.2, 0.25) is 5.91 Å². The molecule has 17 heavy (non-hydrogen) atoms. The molecule has 0 spiro atoms. The molecule has 0 atom stereocenters. The monoisotopic (exact) mass is 235 g/mol. The number of aryl methyl sites for hydroxylation is 1. The first-order valence-electron chi connectivity index (χ1n) is 5.50. The molecule has 0 aromatic heterocycles. The van der Waals surface area contributed by atoms with Gasteiger partial charge in [0, 0.05) is 12.7 Å². The lowest BCUT2D eigenvalue weighted by Gasteiger charge is -2.07. The molecule has 3 N–H and O–H groups in total. The van der Waals surface area contributed by atoms with Crippen molar-refractivity contribution in [1.29, 1.82) is 0 Å². The van der Waals surface area contributed by atoms with E-state index in [0.29, 0.717) is 0 Å². The lowest BCUT2D eigenvalue weighted by atomic mass is 10.1. The summed E-state index contributed by atoms with van der Waals surface area (Å²) in [6, 6.07) is 7.31. The number of hydrogen-bond acceptors (Lipinski definition) is 3. The first kappa shape index (κ1) is 13.0. The number of amides is 3. The van der Waals surface area contributed by atoms with Crippen molar-refractivity contribution >= 4 is 17.6 Å². The Labute approximate surface area is 101 Å². The number of imide groups is 1. The first-order chi connectivity index (χ1) is 8.15. The van der Waals surface area contributed by atoms with Crippen molar-refractivity contribution in [2.24, 2.45) is 0 Å². The molecule has 3 amide bonds. The second-order valence-electron chi connectivity index (χ2n) is 3.53. The number of rotatable bonds is 4. The number of urea groups is 1. The zero-order valence-electron chi connectivity index (χ0n) is 10.0. The summed E-state index contributed by atoms with van der Waals surface area (Å²) in [5.74, 6) is -0.371. The highest BCUT2D eigenvalue weighted by atomic mass is 16.2. The molecule has 0 aliphatic carbocycles. The van der Waals surface area contributed by atoms with Gasteiger partial charge in [-0.25, -0.2) is 4.79 Å². The zero-order chi connectivity index (χ0) is 12.7. The Hall–Kier alpha value is -2.04. The lowest BCUT2D eigenvalue weighted by molar-refractivity contribution is -0.118. The van der Waals surface area contributed by atoms with Gasteiger partial charge in [0.1, 0.15) is 0 Å². The average molecular weight is 235 g/mol. The Balaban J connectivity index is 2.39. The number of carbonyl (C=O) groups is 2. The highest BCUT2D eigenvalue weighted by Crippen LogP contribution is 2.09. The Kier molecular flexibility index (Phi) is 5.00. The van der Waals surface area contributed by atoms with Crippen LogP contribution in [0.25, 0.3) is 0 Å². The molecule has 0 unspecified atom stereocenters. The van der Waals surface area contributed by atoms with Gasteiger partial charge in [0.15, 0.2) is 0 Å². The van der Waals surface area contributed by atoms with Gasteiger partial charge in [-0.15, -0.1) is 0 Å². The Morgan fingerprint density at radius 3 is 2.35 bits per heavy atom. The Morgan fingerprint density at radius 2 is 1.82 bits per heavy atom. The SMILES string of the molecule is CCc1ccc(NCC(=O)NC(=O)NC)cc1. The van der Waals surface area contributed by atoms with Crippen molar-refractivity contribution < 1.29 is 9.59 Å². The zero-order valence-corrected chi connectivity index (χ0v) is 10.0. The molecule has 1 aromatic carbocycles. The maximum absolute atomic E-state index is 11.3. The van der Waals surface area contributed by atoms with Crippen LogP contribution in [0.4, 0.5) is 10.5 Å². The third-order valence-corrected chi connectivity index (χ3v) is 2.30. The molecule has 0 saturated carbocycles. The lowest BCUT2D eigenvalue weighted by Crippen LogP contribution is -2.40. The van der Waals surface area contributed by atoms with Gasteiger partial charge < -0.3 is 10.6 Å². The normalized spacial score (nSPS) is 9.53. The van der Waals surface area contributed by atoms with E-state index in [0.717, 1.165) is 12.1 Å². The predicted molar refractivity (Wildman–Crippen MR) is 66.9 cm³/mol. The predicted octanol–water partition coefficient (Wildman–Crippen LogP) is 1.12. The number of benzene rings is 1. The van der Waals surface area contributed by atoms with Crippen LogP contribution in [-0.4, -0.2) is 25.5 Å². The van der Waals surface area contributed by atoms with Crippen LogP contribution in [0.2, 0.25) is 0 Å². The Bertz CT molecular complexity index is 387. The van der Waals surface area contributed by atoms with Crippen LogP contribution in [0.1, 0.15) is 12.5 Å². The second-order valence-corrected chi connectivity index (χ2v) is 3.53. The van der Waals surface area contributed by atoms with Crippen LogP contribution in [0.5, 0.6) is 0 Å². The smallest absolute Gasteiger partial charge is 0.321 e. The maximum Gasteiger partial charge on any atom is 0.321 e. The van der Waals surface area contributed by atoms with Crippen molar-refractivity contribution in [2.75, 3.05) is 18.9 Å². The fourth-order valence-electron chi connectivity index (χ4n) is 1.27. The first-order valence-corrected chi connectivity index (χ1v) is 5.50. The van der Waals surface area contributed by atoms with Gasteiger partial charge in [-0.2, -0.15) is 0 Å². The van der Waals surface area contributed by atoms with Gasteiger partial charge in [-0.3, -0.25) is 10.1 Å². The average Bonchev–Trinajstić information content (AvgIpc) is 2.36. The summed E-state index contributed by atoms with van der Waals surface area (Å²) in [5, 5.41) is 7.41. The molecule has 92 valence electrons. The number of carbonyl (C=O) groups excluding carboxylic acids is 2. The van der Waals surface area contributed by atoms with Crippen LogP contribution < -0.4 is 16.0 Å². The summed E-state index contributed by atoms with van der Waals surface area (Å²) in [5.41, 5.74) is 2.10. The van der Waals surface area contributed by atoms with E-state index in [-0.39, 0.29) is 12.5 Å². The van der Waals surface area contributed by atoms with Gasteiger partial charge in [0.05, 0.1) is 6.54 Å². The van der Waals surface area contributed by atoms with E-state index < -0.39 is 6.03 Å². The summed E-state index contributed by atoms with van der Waals surface area (Å²) in [7, 11) is 1.46. The van der Waals surface area contributed by atoms with E-state index in [4.69, 9.17) is 0 Å². The van der Waals surface area contributed by atoms with Crippen molar-refractivity contribution in [3.63, 3.8) is 0 Å². The van der Waals surface area contributed by atoms with Crippen molar-refractivity contribution in [3.8, 4) is 0 Å². The van der Waals surface area contributed by atoms with Crippen LogP contribution in [0.3, 0.4) is 0 Å². The van der Waals surface area contributed by atoms with Crippen molar-refractivity contribution in [2.45, 2.75) is 13.3 Å². The van der Waals surface area contributed by atoms with E-state index in [1.165, 1.54) is 12.6 Å². The summed E-state index contributed by atoms with van der Waals surface area (Å²) in [6.45, 7) is 2.15. The summed E-state index contributed by atoms with van der Waals surface area (Å²) >= 11 is 0. The minimum absolute atomic E-state index is 0.0683. The molecule has 0 fully saturated rings. The molecule has 1 rings (SSSR count). The van der Waals surface area contributed by atoms with Crippen LogP contribution >= 0.6 is 0 Å². The largest absolute Gasteiger partial charge is 0.376 e. The van der Waals surface area contributed by atoms with Gasteiger partial charge in [0.25, 0.3) is 0 Å². The van der Waals surface area contributed by atoms with Crippen molar-refractivity contribution in [3.05, 3.63) is 29.8 Å². The van der Waals surface area contributed by atoms with Gasteiger partial charge >= 0.3 is 6.03 Å². The molecule has 0 radical (unpaired) electrons. The minimum atomic E-state index is -0.502. The van der Waals surface area contributed by atoms with Crippen molar-refractivity contribution in [1.82, 2.24) is 10.6 Å². The van der Waals surface area contributed by atoms with Crippen LogP contribution in [0, 0.1) is 0 Å². The number of nitrogens with one attached hydrogen (secondary N) is 3. The fraction of sp³-hybridized carbons (Fsp3) is 0.333. The van der Waals surface area contributed by atoms with Gasteiger partial charge in [-0.1, -0.05) is 19.1 Å². The fourth-order valence-corrected chi connectivity index (χ4v) is 1.27. The summed E-state index contributed by atoms with van der Waals surface area (Å²) < 4.78 is 0. The Morgan fingerprint density at radius 1 is 1.18 bits per heavy atom. The minimum Gasteiger partial charge on any atom is -0.376 e. The quantitative estimate of drug-likeness (QED) is 0.732. The van der Waals surface area contributed by atoms with E-state index in [1.54, 1.807) is 0 Å². The molecule has 0 heterocycles. The van der Waals surface area contributed by atoms with E-state index in [9.17, 15) is 9.59 Å². The number of hydrogen-bond donors (Lipinski definition) is 3. The summed E-state index contributed by atoms with van der Waals surface area (Å²) in [6.07, 6.45) is 0.984. The molecular formula is C12H17N3O2. The van der Waals surface area contributed by atoms with E-state index in [2.05, 4.69) is 22.9 Å². The summed E-state index contributed by atoms with van der Waals surface area (Å²) in [4.78, 5) is 22.1. The molecule has 5 heteroatoms. The molecule has 0 aliphatic heterocycles. The highest BCUT2D eigenvalue weighted by Gasteiger charge is 2.04. The molecule has 5 nitrogen and oxygen atoms in total. The number of anilines is 1. The molecule has 0 bridgehead atoms. The maximum atomic E-state index is 11.3. The second kappa shape index (κ2) is 6.52. The highest BCUT2D eigenvalue weighted by molar-refractivity contribution is 5.96. The molecule has 0 saturated heterocycles.